The van der Waals surface area contributed by atoms with Gasteiger partial charge in [0, 0.05) is 20.2 Å². The highest BCUT2D eigenvalue weighted by Gasteiger charge is 2.21. The summed E-state index contributed by atoms with van der Waals surface area (Å²) in [6.07, 6.45) is 1.05. The van der Waals surface area contributed by atoms with E-state index in [0.717, 1.165) is 18.5 Å². The maximum absolute atomic E-state index is 12.3. The Hall–Kier alpha value is -0.950. The maximum atomic E-state index is 12.3. The molecule has 0 aliphatic heterocycles. The van der Waals surface area contributed by atoms with E-state index in [1.807, 2.05) is 19.9 Å². The Labute approximate surface area is 128 Å². The van der Waals surface area contributed by atoms with Gasteiger partial charge in [-0.05, 0) is 44.5 Å². The maximum Gasteiger partial charge on any atom is 0.240 e. The smallest absolute Gasteiger partial charge is 0.240 e. The van der Waals surface area contributed by atoms with Crippen LogP contribution in [0.2, 0.25) is 0 Å². The summed E-state index contributed by atoms with van der Waals surface area (Å²) in [5.41, 5.74) is 0.421. The second kappa shape index (κ2) is 7.89. The summed E-state index contributed by atoms with van der Waals surface area (Å²) in [6, 6.07) is 6.98. The molecule has 21 heavy (non-hydrogen) atoms. The van der Waals surface area contributed by atoms with Crippen LogP contribution in [0.25, 0.3) is 0 Å². The second-order valence-corrected chi connectivity index (χ2v) is 7.38. The van der Waals surface area contributed by atoms with Gasteiger partial charge in [0.2, 0.25) is 10.0 Å². The van der Waals surface area contributed by atoms with Gasteiger partial charge < -0.3 is 10.1 Å². The average molecular weight is 314 g/mol. The number of hydrogen-bond donors (Lipinski definition) is 2. The van der Waals surface area contributed by atoms with E-state index in [-0.39, 0.29) is 11.4 Å². The van der Waals surface area contributed by atoms with Crippen LogP contribution < -0.4 is 10.0 Å². The molecule has 120 valence electrons. The molecule has 0 aliphatic carbocycles. The van der Waals surface area contributed by atoms with Crippen LogP contribution in [0.3, 0.4) is 0 Å². The fourth-order valence-electron chi connectivity index (χ4n) is 1.66. The molecular formula is C15H26N2O3S. The van der Waals surface area contributed by atoms with Gasteiger partial charge in [-0.25, -0.2) is 13.1 Å². The Morgan fingerprint density at radius 2 is 2.00 bits per heavy atom. The van der Waals surface area contributed by atoms with Crippen LogP contribution in [0.5, 0.6) is 0 Å². The molecule has 0 amide bonds. The third-order valence-electron chi connectivity index (χ3n) is 3.21. The van der Waals surface area contributed by atoms with E-state index in [2.05, 4.69) is 17.0 Å². The molecule has 0 aliphatic rings. The van der Waals surface area contributed by atoms with Crippen LogP contribution in [-0.2, 0) is 21.3 Å². The number of rotatable bonds is 9. The Kier molecular flexibility index (Phi) is 6.80. The van der Waals surface area contributed by atoms with Gasteiger partial charge in [-0.2, -0.15) is 0 Å². The van der Waals surface area contributed by atoms with Crippen molar-refractivity contribution in [3.05, 3.63) is 29.8 Å². The van der Waals surface area contributed by atoms with Gasteiger partial charge in [-0.3, -0.25) is 0 Å². The standard InChI is InChI=1S/C15H26N2O3S/c1-5-9-16-11-13-7-6-8-14(10-13)21(18,19)17-12-15(2,3)20-4/h6-8,10,16-17H,5,9,11-12H2,1-4H3. The predicted molar refractivity (Wildman–Crippen MR) is 84.7 cm³/mol. The summed E-state index contributed by atoms with van der Waals surface area (Å²) < 4.78 is 32.4. The minimum absolute atomic E-state index is 0.226. The molecule has 0 bridgehead atoms. The minimum atomic E-state index is -3.51. The van der Waals surface area contributed by atoms with Crippen molar-refractivity contribution in [3.8, 4) is 0 Å². The molecule has 0 spiro atoms. The predicted octanol–water partition coefficient (Wildman–Crippen LogP) is 1.89. The number of hydrogen-bond acceptors (Lipinski definition) is 4. The van der Waals surface area contributed by atoms with Crippen molar-refractivity contribution in [1.29, 1.82) is 0 Å². The minimum Gasteiger partial charge on any atom is -0.377 e. The molecule has 0 aromatic heterocycles. The molecular weight excluding hydrogens is 288 g/mol. The largest absolute Gasteiger partial charge is 0.377 e. The van der Waals surface area contributed by atoms with Crippen molar-refractivity contribution in [1.82, 2.24) is 10.0 Å². The molecule has 0 radical (unpaired) electrons. The molecule has 1 aromatic rings. The highest BCUT2D eigenvalue weighted by molar-refractivity contribution is 7.89. The van der Waals surface area contributed by atoms with Gasteiger partial charge in [0.15, 0.2) is 0 Å². The van der Waals surface area contributed by atoms with Crippen molar-refractivity contribution in [3.63, 3.8) is 0 Å². The zero-order valence-corrected chi connectivity index (χ0v) is 14.1. The van der Waals surface area contributed by atoms with E-state index in [4.69, 9.17) is 4.74 Å². The van der Waals surface area contributed by atoms with Crippen molar-refractivity contribution >= 4 is 10.0 Å². The fraction of sp³-hybridized carbons (Fsp3) is 0.600. The van der Waals surface area contributed by atoms with Crippen LogP contribution in [0.1, 0.15) is 32.8 Å². The lowest BCUT2D eigenvalue weighted by atomic mass is 10.1. The zero-order chi connectivity index (χ0) is 15.9. The SMILES string of the molecule is CCCNCc1cccc(S(=O)(=O)NCC(C)(C)OC)c1. The summed E-state index contributed by atoms with van der Waals surface area (Å²) in [4.78, 5) is 0.283. The lowest BCUT2D eigenvalue weighted by Gasteiger charge is -2.23. The first-order chi connectivity index (χ1) is 9.80. The van der Waals surface area contributed by atoms with Crippen molar-refractivity contribution < 1.29 is 13.2 Å². The molecule has 0 unspecified atom stereocenters. The van der Waals surface area contributed by atoms with Gasteiger partial charge in [0.25, 0.3) is 0 Å². The van der Waals surface area contributed by atoms with Gasteiger partial charge in [0.05, 0.1) is 10.5 Å². The Bertz CT molecular complexity index is 542. The zero-order valence-electron chi connectivity index (χ0n) is 13.3. The molecule has 6 heteroatoms. The van der Waals surface area contributed by atoms with E-state index in [1.54, 1.807) is 25.3 Å². The first-order valence-corrected chi connectivity index (χ1v) is 8.63. The summed E-state index contributed by atoms with van der Waals surface area (Å²) in [6.45, 7) is 7.57. The van der Waals surface area contributed by atoms with Crippen LogP contribution in [-0.4, -0.2) is 34.2 Å². The third kappa shape index (κ3) is 6.13. The van der Waals surface area contributed by atoms with E-state index >= 15 is 0 Å². The van der Waals surface area contributed by atoms with Crippen LogP contribution in [0.15, 0.2) is 29.2 Å². The molecule has 0 saturated heterocycles. The Morgan fingerprint density at radius 3 is 2.62 bits per heavy atom. The first-order valence-electron chi connectivity index (χ1n) is 7.15. The van der Waals surface area contributed by atoms with Crippen molar-refractivity contribution in [2.75, 3.05) is 20.2 Å². The Balaban J connectivity index is 2.76. The van der Waals surface area contributed by atoms with E-state index in [0.29, 0.717) is 6.54 Å². The van der Waals surface area contributed by atoms with Crippen molar-refractivity contribution in [2.24, 2.45) is 0 Å². The van der Waals surface area contributed by atoms with Gasteiger partial charge >= 0.3 is 0 Å². The monoisotopic (exact) mass is 314 g/mol. The molecule has 0 saturated carbocycles. The molecule has 0 heterocycles. The fourth-order valence-corrected chi connectivity index (χ4v) is 2.92. The van der Waals surface area contributed by atoms with Gasteiger partial charge in [-0.15, -0.1) is 0 Å². The summed E-state index contributed by atoms with van der Waals surface area (Å²) >= 11 is 0. The number of methoxy groups -OCH3 is 1. The number of benzene rings is 1. The number of ether oxygens (including phenoxy) is 1. The average Bonchev–Trinajstić information content (AvgIpc) is 2.46. The molecule has 0 atom stereocenters. The van der Waals surface area contributed by atoms with Gasteiger partial charge in [-0.1, -0.05) is 19.1 Å². The van der Waals surface area contributed by atoms with E-state index in [1.165, 1.54) is 0 Å². The van der Waals surface area contributed by atoms with E-state index < -0.39 is 15.6 Å². The third-order valence-corrected chi connectivity index (χ3v) is 4.60. The Morgan fingerprint density at radius 1 is 1.29 bits per heavy atom. The van der Waals surface area contributed by atoms with E-state index in [9.17, 15) is 8.42 Å². The highest BCUT2D eigenvalue weighted by Crippen LogP contribution is 2.13. The van der Waals surface area contributed by atoms with Crippen LogP contribution in [0, 0.1) is 0 Å². The topological polar surface area (TPSA) is 67.4 Å². The van der Waals surface area contributed by atoms with Crippen LogP contribution >= 0.6 is 0 Å². The van der Waals surface area contributed by atoms with Crippen molar-refractivity contribution in [2.45, 2.75) is 44.2 Å². The molecule has 5 nitrogen and oxygen atoms in total. The molecule has 1 rings (SSSR count). The lowest BCUT2D eigenvalue weighted by molar-refractivity contribution is 0.0276. The first kappa shape index (κ1) is 18.1. The van der Waals surface area contributed by atoms with Gasteiger partial charge in [0.1, 0.15) is 0 Å². The summed E-state index contributed by atoms with van der Waals surface area (Å²) in [5, 5.41) is 3.26. The molecule has 0 fully saturated rings. The molecule has 2 N–H and O–H groups in total. The number of sulfonamides is 1. The highest BCUT2D eigenvalue weighted by atomic mass is 32.2. The second-order valence-electron chi connectivity index (χ2n) is 5.61. The quantitative estimate of drug-likeness (QED) is 0.683. The number of nitrogens with one attached hydrogen (secondary N) is 2. The lowest BCUT2D eigenvalue weighted by Crippen LogP contribution is -2.39. The summed E-state index contributed by atoms with van der Waals surface area (Å²) in [7, 11) is -1.95. The molecule has 1 aromatic carbocycles. The van der Waals surface area contributed by atoms with Crippen LogP contribution in [0.4, 0.5) is 0 Å². The summed E-state index contributed by atoms with van der Waals surface area (Å²) in [5.74, 6) is 0. The normalized spacial score (nSPS) is 12.6.